The van der Waals surface area contributed by atoms with Gasteiger partial charge in [-0.25, -0.2) is 0 Å². The second-order valence-corrected chi connectivity index (χ2v) is 9.18. The van der Waals surface area contributed by atoms with Crippen LogP contribution in [0.25, 0.3) is 0 Å². The second-order valence-electron chi connectivity index (χ2n) is 9.18. The van der Waals surface area contributed by atoms with Gasteiger partial charge in [0.25, 0.3) is 0 Å². The van der Waals surface area contributed by atoms with Gasteiger partial charge in [0.15, 0.2) is 0 Å². The van der Waals surface area contributed by atoms with Gasteiger partial charge < -0.3 is 14.8 Å². The summed E-state index contributed by atoms with van der Waals surface area (Å²) < 4.78 is 12.3. The predicted molar refractivity (Wildman–Crippen MR) is 114 cm³/mol. The minimum atomic E-state index is -0.729. The zero-order valence-electron chi connectivity index (χ0n) is 17.5. The van der Waals surface area contributed by atoms with Gasteiger partial charge in [-0.2, -0.15) is 0 Å². The van der Waals surface area contributed by atoms with Gasteiger partial charge in [-0.3, -0.25) is 4.79 Å². The molecule has 2 atom stereocenters. The fourth-order valence-electron chi connectivity index (χ4n) is 5.50. The Labute approximate surface area is 172 Å². The minimum Gasteiger partial charge on any atom is -0.494 e. The molecule has 1 spiro atoms. The summed E-state index contributed by atoms with van der Waals surface area (Å²) >= 11 is 0. The van der Waals surface area contributed by atoms with Crippen LogP contribution < -0.4 is 14.8 Å². The van der Waals surface area contributed by atoms with Crippen LogP contribution in [0.2, 0.25) is 0 Å². The molecule has 0 bridgehead atoms. The average molecular weight is 392 g/mol. The lowest BCUT2D eigenvalue weighted by atomic mass is 9.58. The standard InChI is InChI=1S/C25H29NO3/c1-4-28-17-12-13-19-21(15-17)29-24(2,3)22(14-11-16-9-10-16)25(19)18-7-5-6-8-20(18)26-23(25)27/h5-8,12-13,15-16,22H,4,9-11,14H2,1-3H3,(H,26,27). The minimum absolute atomic E-state index is 0.0599. The summed E-state index contributed by atoms with van der Waals surface area (Å²) in [5.74, 6) is 2.48. The van der Waals surface area contributed by atoms with Gasteiger partial charge >= 0.3 is 0 Å². The number of hydrogen-bond acceptors (Lipinski definition) is 3. The first kappa shape index (κ1) is 18.5. The number of benzene rings is 2. The van der Waals surface area contributed by atoms with Crippen LogP contribution in [-0.4, -0.2) is 18.1 Å². The summed E-state index contributed by atoms with van der Waals surface area (Å²) in [5.41, 5.74) is 1.76. The molecule has 1 fully saturated rings. The molecule has 2 unspecified atom stereocenters. The molecular weight excluding hydrogens is 362 g/mol. The molecule has 29 heavy (non-hydrogen) atoms. The van der Waals surface area contributed by atoms with Crippen molar-refractivity contribution >= 4 is 11.6 Å². The van der Waals surface area contributed by atoms with Crippen molar-refractivity contribution in [3.05, 3.63) is 53.6 Å². The number of ether oxygens (including phenoxy) is 2. The van der Waals surface area contributed by atoms with Crippen LogP contribution in [0.1, 0.15) is 57.6 Å². The first-order chi connectivity index (χ1) is 14.0. The molecule has 1 aliphatic carbocycles. The maximum atomic E-state index is 13.7. The van der Waals surface area contributed by atoms with E-state index in [0.29, 0.717) is 6.61 Å². The quantitative estimate of drug-likeness (QED) is 0.752. The van der Waals surface area contributed by atoms with Gasteiger partial charge in [-0.15, -0.1) is 0 Å². The molecule has 2 heterocycles. The molecule has 1 amide bonds. The summed E-state index contributed by atoms with van der Waals surface area (Å²) in [7, 11) is 0. The molecule has 0 aromatic heterocycles. The Kier molecular flexibility index (Phi) is 4.16. The zero-order valence-corrected chi connectivity index (χ0v) is 17.5. The van der Waals surface area contributed by atoms with Gasteiger partial charge in [0, 0.05) is 23.2 Å². The van der Waals surface area contributed by atoms with Crippen molar-refractivity contribution in [2.45, 2.75) is 57.5 Å². The number of anilines is 1. The van der Waals surface area contributed by atoms with Crippen LogP contribution in [0.3, 0.4) is 0 Å². The van der Waals surface area contributed by atoms with Crippen molar-refractivity contribution in [1.29, 1.82) is 0 Å². The summed E-state index contributed by atoms with van der Waals surface area (Å²) in [4.78, 5) is 13.7. The zero-order chi connectivity index (χ0) is 20.2. The Morgan fingerprint density at radius 1 is 1.10 bits per heavy atom. The van der Waals surface area contributed by atoms with Crippen LogP contribution >= 0.6 is 0 Å². The van der Waals surface area contributed by atoms with E-state index in [-0.39, 0.29) is 11.8 Å². The molecular formula is C25H29NO3. The monoisotopic (exact) mass is 391 g/mol. The Hall–Kier alpha value is -2.49. The fourth-order valence-corrected chi connectivity index (χ4v) is 5.50. The number of hydrogen-bond donors (Lipinski definition) is 1. The van der Waals surface area contributed by atoms with Gasteiger partial charge in [-0.05, 0) is 57.2 Å². The largest absolute Gasteiger partial charge is 0.494 e. The lowest BCUT2D eigenvalue weighted by Gasteiger charge is -2.50. The highest BCUT2D eigenvalue weighted by Crippen LogP contribution is 2.59. The van der Waals surface area contributed by atoms with E-state index in [1.165, 1.54) is 12.8 Å². The molecule has 0 radical (unpaired) electrons. The highest BCUT2D eigenvalue weighted by Gasteiger charge is 2.62. The van der Waals surface area contributed by atoms with E-state index >= 15 is 0 Å². The molecule has 1 N–H and O–H groups in total. The van der Waals surface area contributed by atoms with E-state index in [9.17, 15) is 4.79 Å². The van der Waals surface area contributed by atoms with E-state index in [0.717, 1.165) is 47.1 Å². The first-order valence-corrected chi connectivity index (χ1v) is 10.8. The summed E-state index contributed by atoms with van der Waals surface area (Å²) in [6.45, 7) is 6.84. The Morgan fingerprint density at radius 3 is 2.66 bits per heavy atom. The highest BCUT2D eigenvalue weighted by molar-refractivity contribution is 6.09. The van der Waals surface area contributed by atoms with Crippen LogP contribution in [0, 0.1) is 11.8 Å². The van der Waals surface area contributed by atoms with Gasteiger partial charge in [0.1, 0.15) is 22.5 Å². The van der Waals surface area contributed by atoms with Crippen molar-refractivity contribution in [1.82, 2.24) is 0 Å². The van der Waals surface area contributed by atoms with Crippen molar-refractivity contribution < 1.29 is 14.3 Å². The third kappa shape index (κ3) is 2.76. The van der Waals surface area contributed by atoms with E-state index in [1.54, 1.807) is 0 Å². The lowest BCUT2D eigenvalue weighted by molar-refractivity contribution is -0.126. The summed E-state index contributed by atoms with van der Waals surface area (Å²) in [5, 5.41) is 3.18. The van der Waals surface area contributed by atoms with Gasteiger partial charge in [-0.1, -0.05) is 37.1 Å². The lowest BCUT2D eigenvalue weighted by Crippen LogP contribution is -2.57. The maximum absolute atomic E-state index is 13.7. The van der Waals surface area contributed by atoms with Crippen LogP contribution in [-0.2, 0) is 10.2 Å². The summed E-state index contributed by atoms with van der Waals surface area (Å²) in [6.07, 6.45) is 4.77. The summed E-state index contributed by atoms with van der Waals surface area (Å²) in [6, 6.07) is 14.1. The molecule has 5 rings (SSSR count). The van der Waals surface area contributed by atoms with Crippen LogP contribution in [0.5, 0.6) is 11.5 Å². The van der Waals surface area contributed by atoms with Gasteiger partial charge in [0.05, 0.1) is 6.61 Å². The molecule has 152 valence electrons. The smallest absolute Gasteiger partial charge is 0.240 e. The van der Waals surface area contributed by atoms with Gasteiger partial charge in [0.2, 0.25) is 5.91 Å². The Morgan fingerprint density at radius 2 is 1.90 bits per heavy atom. The number of carbonyl (C=O) groups is 1. The fraction of sp³-hybridized carbons (Fsp3) is 0.480. The topological polar surface area (TPSA) is 47.6 Å². The Balaban J connectivity index is 1.72. The second kappa shape index (κ2) is 6.51. The normalized spacial score (nSPS) is 26.4. The third-order valence-corrected chi connectivity index (χ3v) is 6.94. The first-order valence-electron chi connectivity index (χ1n) is 10.8. The van der Waals surface area contributed by atoms with Crippen molar-refractivity contribution in [2.75, 3.05) is 11.9 Å². The van der Waals surface area contributed by atoms with Crippen LogP contribution in [0.4, 0.5) is 5.69 Å². The number of amides is 1. The molecule has 0 saturated heterocycles. The molecule has 3 aliphatic rings. The molecule has 2 aromatic rings. The van der Waals surface area contributed by atoms with E-state index in [2.05, 4.69) is 25.2 Å². The molecule has 4 nitrogen and oxygen atoms in total. The van der Waals surface area contributed by atoms with E-state index < -0.39 is 11.0 Å². The highest BCUT2D eigenvalue weighted by atomic mass is 16.5. The molecule has 4 heteroatoms. The number of nitrogens with one attached hydrogen (secondary N) is 1. The number of carbonyl (C=O) groups excluding carboxylic acids is 1. The maximum Gasteiger partial charge on any atom is 0.240 e. The molecule has 2 aromatic carbocycles. The SMILES string of the molecule is CCOc1ccc2c(c1)OC(C)(C)C(CCC1CC1)C21C(=O)Nc2ccccc21. The number of rotatable bonds is 5. The van der Waals surface area contributed by atoms with Crippen molar-refractivity contribution in [2.24, 2.45) is 11.8 Å². The average Bonchev–Trinajstić information content (AvgIpc) is 3.46. The van der Waals surface area contributed by atoms with Crippen molar-refractivity contribution in [3.8, 4) is 11.5 Å². The van der Waals surface area contributed by atoms with E-state index in [4.69, 9.17) is 9.47 Å². The number of fused-ring (bicyclic) bond motifs is 4. The number of para-hydroxylation sites is 1. The Bertz CT molecular complexity index is 962. The van der Waals surface area contributed by atoms with Crippen molar-refractivity contribution in [3.63, 3.8) is 0 Å². The third-order valence-electron chi connectivity index (χ3n) is 6.94. The molecule has 1 saturated carbocycles. The predicted octanol–water partition coefficient (Wildman–Crippen LogP) is 5.30. The van der Waals surface area contributed by atoms with Crippen LogP contribution in [0.15, 0.2) is 42.5 Å². The van der Waals surface area contributed by atoms with E-state index in [1.807, 2.05) is 43.3 Å². The molecule has 2 aliphatic heterocycles.